The zero-order valence-corrected chi connectivity index (χ0v) is 17.2. The van der Waals surface area contributed by atoms with E-state index in [1.165, 1.54) is 0 Å². The molecule has 1 fully saturated rings. The fourth-order valence-corrected chi connectivity index (χ4v) is 3.68. The van der Waals surface area contributed by atoms with Crippen LogP contribution in [0.5, 0.6) is 5.75 Å². The first kappa shape index (κ1) is 19.9. The first-order valence-electron chi connectivity index (χ1n) is 9.97. The Morgan fingerprint density at radius 2 is 2.07 bits per heavy atom. The summed E-state index contributed by atoms with van der Waals surface area (Å²) >= 11 is 0. The van der Waals surface area contributed by atoms with E-state index in [0.29, 0.717) is 24.6 Å². The third-order valence-corrected chi connectivity index (χ3v) is 5.28. The molecule has 0 unspecified atom stereocenters. The number of ether oxygens (including phenoxy) is 1. The van der Waals surface area contributed by atoms with Gasteiger partial charge in [-0.2, -0.15) is 5.26 Å². The summed E-state index contributed by atoms with van der Waals surface area (Å²) in [5.74, 6) is 1.26. The van der Waals surface area contributed by atoms with Crippen LogP contribution in [0.15, 0.2) is 54.9 Å². The number of benzene rings is 2. The van der Waals surface area contributed by atoms with Gasteiger partial charge in [0.15, 0.2) is 0 Å². The third-order valence-electron chi connectivity index (χ3n) is 5.28. The minimum absolute atomic E-state index is 0.158. The molecule has 0 aliphatic carbocycles. The number of rotatable bonds is 6. The van der Waals surface area contributed by atoms with E-state index in [-0.39, 0.29) is 5.91 Å². The van der Waals surface area contributed by atoms with Crippen molar-refractivity contribution in [1.29, 1.82) is 5.26 Å². The molecule has 0 saturated carbocycles. The van der Waals surface area contributed by atoms with Crippen LogP contribution < -0.4 is 4.74 Å². The molecule has 6 nitrogen and oxygen atoms in total. The summed E-state index contributed by atoms with van der Waals surface area (Å²) in [7, 11) is 3.80. The second-order valence-electron chi connectivity index (χ2n) is 7.98. The standard InChI is InChI=1S/C24H24N4O2/c1-27(2)15-24(29)28-13-18(14-28)16-30-23-10-21(9-20-6-7-26-12-22(20)23)19-5-3-4-17(8-19)11-25/h3-10,12,18H,13-16H2,1-2H3. The van der Waals surface area contributed by atoms with Gasteiger partial charge in [0, 0.05) is 36.8 Å². The van der Waals surface area contributed by atoms with Crippen molar-refractivity contribution in [2.75, 3.05) is 40.3 Å². The van der Waals surface area contributed by atoms with Crippen LogP contribution in [0.2, 0.25) is 0 Å². The normalized spacial score (nSPS) is 13.9. The van der Waals surface area contributed by atoms with Crippen molar-refractivity contribution >= 4 is 16.7 Å². The minimum Gasteiger partial charge on any atom is -0.492 e. The highest BCUT2D eigenvalue weighted by atomic mass is 16.5. The van der Waals surface area contributed by atoms with Crippen molar-refractivity contribution in [2.45, 2.75) is 0 Å². The van der Waals surface area contributed by atoms with Crippen molar-refractivity contribution in [2.24, 2.45) is 5.92 Å². The lowest BCUT2D eigenvalue weighted by molar-refractivity contribution is -0.138. The number of likely N-dealkylation sites (N-methyl/N-ethyl adjacent to an activating group) is 1. The summed E-state index contributed by atoms with van der Waals surface area (Å²) in [6, 6.07) is 15.8. The lowest BCUT2D eigenvalue weighted by atomic mass is 9.99. The molecule has 2 heterocycles. The Morgan fingerprint density at radius 3 is 2.83 bits per heavy atom. The summed E-state index contributed by atoms with van der Waals surface area (Å²) in [6.07, 6.45) is 3.58. The van der Waals surface area contributed by atoms with Gasteiger partial charge in [0.2, 0.25) is 5.91 Å². The molecule has 0 spiro atoms. The molecule has 6 heteroatoms. The van der Waals surface area contributed by atoms with Crippen LogP contribution >= 0.6 is 0 Å². The molecular weight excluding hydrogens is 376 g/mol. The first-order valence-corrected chi connectivity index (χ1v) is 9.97. The van der Waals surface area contributed by atoms with Crippen molar-refractivity contribution in [3.63, 3.8) is 0 Å². The molecule has 1 aliphatic heterocycles. The molecule has 1 saturated heterocycles. The van der Waals surface area contributed by atoms with Crippen molar-refractivity contribution in [3.8, 4) is 22.9 Å². The number of nitriles is 1. The number of nitrogens with zero attached hydrogens (tertiary/aromatic N) is 4. The predicted octanol–water partition coefficient (Wildman–Crippen LogP) is 3.17. The largest absolute Gasteiger partial charge is 0.492 e. The van der Waals surface area contributed by atoms with E-state index in [1.807, 2.05) is 60.4 Å². The lowest BCUT2D eigenvalue weighted by Crippen LogP contribution is -2.54. The molecule has 2 aromatic carbocycles. The number of carbonyl (C=O) groups is 1. The molecule has 3 aromatic rings. The quantitative estimate of drug-likeness (QED) is 0.636. The highest BCUT2D eigenvalue weighted by molar-refractivity contribution is 5.92. The van der Waals surface area contributed by atoms with Crippen molar-refractivity contribution in [3.05, 3.63) is 60.4 Å². The average Bonchev–Trinajstić information content (AvgIpc) is 2.71. The van der Waals surface area contributed by atoms with Gasteiger partial charge in [0.25, 0.3) is 0 Å². The SMILES string of the molecule is CN(C)CC(=O)N1CC(COc2cc(-c3cccc(C#N)c3)cc3ccncc23)C1. The first-order chi connectivity index (χ1) is 14.5. The van der Waals surface area contributed by atoms with Gasteiger partial charge in [0.05, 0.1) is 24.8 Å². The van der Waals surface area contributed by atoms with E-state index in [2.05, 4.69) is 17.1 Å². The molecule has 4 rings (SSSR count). The smallest absolute Gasteiger partial charge is 0.236 e. The fraction of sp³-hybridized carbons (Fsp3) is 0.292. The molecule has 0 radical (unpaired) electrons. The van der Waals surface area contributed by atoms with E-state index in [1.54, 1.807) is 12.3 Å². The van der Waals surface area contributed by atoms with Gasteiger partial charge in [-0.1, -0.05) is 12.1 Å². The lowest BCUT2D eigenvalue weighted by Gasteiger charge is -2.39. The maximum absolute atomic E-state index is 12.1. The van der Waals surface area contributed by atoms with Gasteiger partial charge in [-0.15, -0.1) is 0 Å². The Morgan fingerprint density at radius 1 is 1.23 bits per heavy atom. The number of fused-ring (bicyclic) bond motifs is 1. The Hall–Kier alpha value is -3.43. The Labute approximate surface area is 176 Å². The van der Waals surface area contributed by atoms with Crippen LogP contribution in [0, 0.1) is 17.2 Å². The molecule has 0 atom stereocenters. The zero-order chi connectivity index (χ0) is 21.1. The van der Waals surface area contributed by atoms with Crippen LogP contribution in [0.1, 0.15) is 5.56 Å². The molecule has 0 N–H and O–H groups in total. The van der Waals surface area contributed by atoms with Gasteiger partial charge in [-0.25, -0.2) is 0 Å². The summed E-state index contributed by atoms with van der Waals surface area (Å²) in [5, 5.41) is 11.2. The van der Waals surface area contributed by atoms with Gasteiger partial charge in [0.1, 0.15) is 5.75 Å². The molecule has 0 bridgehead atoms. The second kappa shape index (κ2) is 8.52. The van der Waals surface area contributed by atoms with Crippen LogP contribution in [0.25, 0.3) is 21.9 Å². The van der Waals surface area contributed by atoms with Crippen molar-refractivity contribution in [1.82, 2.24) is 14.8 Å². The maximum Gasteiger partial charge on any atom is 0.236 e. The monoisotopic (exact) mass is 400 g/mol. The van der Waals surface area contributed by atoms with Crippen LogP contribution in [0.3, 0.4) is 0 Å². The van der Waals surface area contributed by atoms with Crippen LogP contribution in [-0.2, 0) is 4.79 Å². The topological polar surface area (TPSA) is 69.5 Å². The Bertz CT molecular complexity index is 1110. The minimum atomic E-state index is 0.158. The van der Waals surface area contributed by atoms with Gasteiger partial charge >= 0.3 is 0 Å². The number of aromatic nitrogens is 1. The van der Waals surface area contributed by atoms with Gasteiger partial charge < -0.3 is 14.5 Å². The van der Waals surface area contributed by atoms with E-state index >= 15 is 0 Å². The number of carbonyl (C=O) groups excluding carboxylic acids is 1. The Balaban J connectivity index is 1.51. The summed E-state index contributed by atoms with van der Waals surface area (Å²) < 4.78 is 6.20. The van der Waals surface area contributed by atoms with E-state index < -0.39 is 0 Å². The van der Waals surface area contributed by atoms with E-state index in [4.69, 9.17) is 4.74 Å². The van der Waals surface area contributed by atoms with Crippen LogP contribution in [0.4, 0.5) is 0 Å². The summed E-state index contributed by atoms with van der Waals surface area (Å²) in [4.78, 5) is 20.1. The second-order valence-corrected chi connectivity index (χ2v) is 7.98. The van der Waals surface area contributed by atoms with Crippen molar-refractivity contribution < 1.29 is 9.53 Å². The predicted molar refractivity (Wildman–Crippen MR) is 116 cm³/mol. The molecular formula is C24H24N4O2. The van der Waals surface area contributed by atoms with Gasteiger partial charge in [-0.3, -0.25) is 9.78 Å². The number of amides is 1. The zero-order valence-electron chi connectivity index (χ0n) is 17.2. The highest BCUT2D eigenvalue weighted by Gasteiger charge is 2.31. The van der Waals surface area contributed by atoms with Gasteiger partial charge in [-0.05, 0) is 60.9 Å². The molecule has 1 amide bonds. The fourth-order valence-electron chi connectivity index (χ4n) is 3.68. The molecule has 152 valence electrons. The molecule has 30 heavy (non-hydrogen) atoms. The molecule has 1 aliphatic rings. The molecule has 1 aromatic heterocycles. The number of likely N-dealkylation sites (tertiary alicyclic amines) is 1. The number of hydrogen-bond acceptors (Lipinski definition) is 5. The average molecular weight is 400 g/mol. The highest BCUT2D eigenvalue weighted by Crippen LogP contribution is 2.33. The van der Waals surface area contributed by atoms with E-state index in [0.717, 1.165) is 40.7 Å². The number of hydrogen-bond donors (Lipinski definition) is 0. The van der Waals surface area contributed by atoms with E-state index in [9.17, 15) is 10.1 Å². The number of pyridine rings is 1. The maximum atomic E-state index is 12.1. The third kappa shape index (κ3) is 4.27. The van der Waals surface area contributed by atoms with Crippen LogP contribution in [-0.4, -0.2) is 61.0 Å². The Kier molecular flexibility index (Phi) is 5.64. The summed E-state index contributed by atoms with van der Waals surface area (Å²) in [5.41, 5.74) is 2.60. The summed E-state index contributed by atoms with van der Waals surface area (Å²) in [6.45, 7) is 2.45.